The number of hydrogen-bond donors (Lipinski definition) is 1. The Morgan fingerprint density at radius 3 is 2.48 bits per heavy atom. The first-order valence-electron chi connectivity index (χ1n) is 12.2. The Labute approximate surface area is 201 Å². The molecule has 0 aromatic heterocycles. The smallest absolute Gasteiger partial charge is 0.220 e. The van der Waals surface area contributed by atoms with E-state index in [1.165, 1.54) is 5.56 Å². The molecule has 0 fully saturated rings. The van der Waals surface area contributed by atoms with Crippen molar-refractivity contribution in [2.24, 2.45) is 17.3 Å². The monoisotopic (exact) mass is 460 g/mol. The minimum atomic E-state index is -0.517. The molecule has 0 aliphatic rings. The number of rotatable bonds is 17. The van der Waals surface area contributed by atoms with E-state index >= 15 is 0 Å². The molecular formula is C27H44N2O4. The van der Waals surface area contributed by atoms with E-state index in [1.54, 1.807) is 14.2 Å². The second-order valence-corrected chi connectivity index (χ2v) is 9.76. The van der Waals surface area contributed by atoms with Crippen molar-refractivity contribution >= 4 is 5.91 Å². The third kappa shape index (κ3) is 12.0. The van der Waals surface area contributed by atoms with E-state index in [0.29, 0.717) is 38.0 Å². The lowest BCUT2D eigenvalue weighted by atomic mass is 9.85. The molecule has 33 heavy (non-hydrogen) atoms. The predicted molar refractivity (Wildman–Crippen MR) is 133 cm³/mol. The molecule has 0 bridgehead atoms. The Bertz CT molecular complexity index is 740. The van der Waals surface area contributed by atoms with Crippen LogP contribution in [0.1, 0.15) is 71.8 Å². The summed E-state index contributed by atoms with van der Waals surface area (Å²) in [6.07, 6.45) is 6.52. The van der Waals surface area contributed by atoms with Crippen LogP contribution in [-0.2, 0) is 16.0 Å². The Hall–Kier alpha value is -2.26. The van der Waals surface area contributed by atoms with Gasteiger partial charge in [0.1, 0.15) is 0 Å². The van der Waals surface area contributed by atoms with Crippen LogP contribution in [0.15, 0.2) is 18.2 Å². The molecular weight excluding hydrogens is 416 g/mol. The molecule has 1 N–H and O–H groups in total. The number of ether oxygens (including phenoxy) is 3. The second-order valence-electron chi connectivity index (χ2n) is 9.76. The van der Waals surface area contributed by atoms with Crippen LogP contribution in [0.3, 0.4) is 0 Å². The average Bonchev–Trinajstić information content (AvgIpc) is 2.79. The molecule has 0 radical (unpaired) electrons. The standard InChI is InChI=1S/C27H44N2O4/c1-21(2)23(11-8-7-9-12-26(30)29-20-27(3,4)19-28)17-22-13-14-24(32-6)25(18-22)33-16-10-15-31-5/h13-14,18,21,23H,7-12,15-17,20H2,1-6H3,(H,29,30)/t23-/m1/s1. The number of benzene rings is 1. The normalized spacial score (nSPS) is 12.3. The zero-order valence-electron chi connectivity index (χ0n) is 21.5. The van der Waals surface area contributed by atoms with Crippen molar-refractivity contribution in [3.63, 3.8) is 0 Å². The third-order valence-corrected chi connectivity index (χ3v) is 5.93. The summed E-state index contributed by atoms with van der Waals surface area (Å²) in [6.45, 7) is 9.90. The van der Waals surface area contributed by atoms with E-state index in [0.717, 1.165) is 50.0 Å². The zero-order chi connectivity index (χ0) is 24.7. The van der Waals surface area contributed by atoms with Crippen LogP contribution in [0.4, 0.5) is 0 Å². The number of unbranched alkanes of at least 4 members (excludes halogenated alkanes) is 2. The Morgan fingerprint density at radius 2 is 1.85 bits per heavy atom. The van der Waals surface area contributed by atoms with Gasteiger partial charge in [-0.05, 0) is 62.6 Å². The Balaban J connectivity index is 2.49. The largest absolute Gasteiger partial charge is 0.493 e. The molecule has 0 heterocycles. The van der Waals surface area contributed by atoms with Gasteiger partial charge in [-0.1, -0.05) is 32.8 Å². The highest BCUT2D eigenvalue weighted by atomic mass is 16.5. The molecule has 1 amide bonds. The summed E-state index contributed by atoms with van der Waals surface area (Å²) in [4.78, 5) is 12.0. The maximum atomic E-state index is 12.0. The highest BCUT2D eigenvalue weighted by Crippen LogP contribution is 2.31. The van der Waals surface area contributed by atoms with Crippen molar-refractivity contribution in [2.45, 2.75) is 72.6 Å². The lowest BCUT2D eigenvalue weighted by Crippen LogP contribution is -2.32. The molecule has 0 unspecified atom stereocenters. The number of methoxy groups -OCH3 is 2. The second kappa shape index (κ2) is 15.6. The van der Waals surface area contributed by atoms with Gasteiger partial charge in [0.2, 0.25) is 5.91 Å². The van der Waals surface area contributed by atoms with Gasteiger partial charge in [0.05, 0.1) is 25.2 Å². The highest BCUT2D eigenvalue weighted by Gasteiger charge is 2.18. The summed E-state index contributed by atoms with van der Waals surface area (Å²) in [5.74, 6) is 2.74. The van der Waals surface area contributed by atoms with Gasteiger partial charge in [0, 0.05) is 33.1 Å². The number of nitriles is 1. The minimum Gasteiger partial charge on any atom is -0.493 e. The Morgan fingerprint density at radius 1 is 1.09 bits per heavy atom. The van der Waals surface area contributed by atoms with E-state index in [1.807, 2.05) is 19.9 Å². The first kappa shape index (κ1) is 28.8. The molecule has 0 spiro atoms. The molecule has 0 aliphatic heterocycles. The maximum absolute atomic E-state index is 12.0. The molecule has 0 aliphatic carbocycles. The molecule has 1 atom stereocenters. The van der Waals surface area contributed by atoms with Gasteiger partial charge >= 0.3 is 0 Å². The van der Waals surface area contributed by atoms with Crippen LogP contribution in [0.5, 0.6) is 11.5 Å². The van der Waals surface area contributed by atoms with Crippen LogP contribution in [0.25, 0.3) is 0 Å². The van der Waals surface area contributed by atoms with Gasteiger partial charge in [-0.15, -0.1) is 0 Å². The van der Waals surface area contributed by atoms with Crippen molar-refractivity contribution in [1.29, 1.82) is 5.26 Å². The van der Waals surface area contributed by atoms with Gasteiger partial charge in [-0.3, -0.25) is 4.79 Å². The van der Waals surface area contributed by atoms with E-state index in [-0.39, 0.29) is 5.91 Å². The fourth-order valence-corrected chi connectivity index (χ4v) is 3.64. The first-order chi connectivity index (χ1) is 15.7. The number of nitrogens with zero attached hydrogens (tertiary/aromatic N) is 1. The number of carbonyl (C=O) groups excluding carboxylic acids is 1. The summed E-state index contributed by atoms with van der Waals surface area (Å²) < 4.78 is 16.5. The SMILES string of the molecule is COCCCOc1cc(C[C@@H](CCCCCC(=O)NCC(C)(C)C#N)C(C)C)ccc1OC. The van der Waals surface area contributed by atoms with Gasteiger partial charge in [0.15, 0.2) is 11.5 Å². The fraction of sp³-hybridized carbons (Fsp3) is 0.704. The van der Waals surface area contributed by atoms with Crippen LogP contribution in [0.2, 0.25) is 0 Å². The van der Waals surface area contributed by atoms with Crippen molar-refractivity contribution in [3.05, 3.63) is 23.8 Å². The van der Waals surface area contributed by atoms with E-state index in [9.17, 15) is 4.79 Å². The van der Waals surface area contributed by atoms with Crippen molar-refractivity contribution < 1.29 is 19.0 Å². The van der Waals surface area contributed by atoms with Crippen LogP contribution >= 0.6 is 0 Å². The number of carbonyl (C=O) groups is 1. The van der Waals surface area contributed by atoms with Gasteiger partial charge in [-0.2, -0.15) is 5.26 Å². The van der Waals surface area contributed by atoms with E-state index in [4.69, 9.17) is 19.5 Å². The van der Waals surface area contributed by atoms with Gasteiger partial charge < -0.3 is 19.5 Å². The van der Waals surface area contributed by atoms with E-state index < -0.39 is 5.41 Å². The van der Waals surface area contributed by atoms with Crippen LogP contribution < -0.4 is 14.8 Å². The number of amides is 1. The number of nitrogens with one attached hydrogen (secondary N) is 1. The summed E-state index contributed by atoms with van der Waals surface area (Å²) in [5, 5.41) is 11.9. The summed E-state index contributed by atoms with van der Waals surface area (Å²) in [5.41, 5.74) is 0.743. The first-order valence-corrected chi connectivity index (χ1v) is 12.2. The predicted octanol–water partition coefficient (Wildman–Crippen LogP) is 5.54. The highest BCUT2D eigenvalue weighted by molar-refractivity contribution is 5.75. The van der Waals surface area contributed by atoms with Crippen molar-refractivity contribution in [3.8, 4) is 17.6 Å². The van der Waals surface area contributed by atoms with Gasteiger partial charge in [-0.25, -0.2) is 0 Å². The molecule has 186 valence electrons. The molecule has 6 heteroatoms. The summed E-state index contributed by atoms with van der Waals surface area (Å²) in [7, 11) is 3.36. The number of hydrogen-bond acceptors (Lipinski definition) is 5. The quantitative estimate of drug-likeness (QED) is 0.309. The van der Waals surface area contributed by atoms with Crippen molar-refractivity contribution in [2.75, 3.05) is 34.0 Å². The third-order valence-electron chi connectivity index (χ3n) is 5.93. The maximum Gasteiger partial charge on any atom is 0.220 e. The Kier molecular flexibility index (Phi) is 13.6. The summed E-state index contributed by atoms with van der Waals surface area (Å²) in [6, 6.07) is 8.43. The molecule has 6 nitrogen and oxygen atoms in total. The minimum absolute atomic E-state index is 0.0370. The summed E-state index contributed by atoms with van der Waals surface area (Å²) >= 11 is 0. The van der Waals surface area contributed by atoms with E-state index in [2.05, 4.69) is 37.4 Å². The topological polar surface area (TPSA) is 80.6 Å². The van der Waals surface area contributed by atoms with Crippen LogP contribution in [0, 0.1) is 28.6 Å². The lowest BCUT2D eigenvalue weighted by Gasteiger charge is -2.22. The van der Waals surface area contributed by atoms with Crippen molar-refractivity contribution in [1.82, 2.24) is 5.32 Å². The molecule has 0 saturated carbocycles. The fourth-order valence-electron chi connectivity index (χ4n) is 3.64. The molecule has 1 rings (SSSR count). The molecule has 1 aromatic carbocycles. The average molecular weight is 461 g/mol. The van der Waals surface area contributed by atoms with Gasteiger partial charge in [0.25, 0.3) is 0 Å². The molecule has 1 aromatic rings. The zero-order valence-corrected chi connectivity index (χ0v) is 21.5. The lowest BCUT2D eigenvalue weighted by molar-refractivity contribution is -0.121. The molecule has 0 saturated heterocycles. The van der Waals surface area contributed by atoms with Crippen LogP contribution in [-0.4, -0.2) is 39.9 Å².